The smallest absolute Gasteiger partial charge is 0.323 e. The van der Waals surface area contributed by atoms with E-state index in [4.69, 9.17) is 15.2 Å². The third kappa shape index (κ3) is 3.18. The summed E-state index contributed by atoms with van der Waals surface area (Å²) in [6.45, 7) is 3.71. The molecule has 0 bridgehead atoms. The van der Waals surface area contributed by atoms with Crippen molar-refractivity contribution in [2.45, 2.75) is 31.6 Å². The van der Waals surface area contributed by atoms with Gasteiger partial charge in [0.2, 0.25) is 0 Å². The van der Waals surface area contributed by atoms with E-state index in [0.717, 1.165) is 22.3 Å². The maximum Gasteiger partial charge on any atom is 0.323 e. The summed E-state index contributed by atoms with van der Waals surface area (Å²) in [5, 5.41) is 9.44. The van der Waals surface area contributed by atoms with Crippen molar-refractivity contribution >= 4 is 5.97 Å². The van der Waals surface area contributed by atoms with E-state index < -0.39 is 23.7 Å². The lowest BCUT2D eigenvalue weighted by atomic mass is 9.77. The molecule has 1 aliphatic rings. The van der Waals surface area contributed by atoms with Crippen LogP contribution in [0.1, 0.15) is 29.2 Å². The van der Waals surface area contributed by atoms with Crippen LogP contribution in [0.3, 0.4) is 0 Å². The minimum atomic E-state index is -1.17. The quantitative estimate of drug-likeness (QED) is 0.683. The molecule has 0 amide bonds. The summed E-state index contributed by atoms with van der Waals surface area (Å²) in [7, 11) is 0. The van der Waals surface area contributed by atoms with Crippen molar-refractivity contribution < 1.29 is 19.4 Å². The summed E-state index contributed by atoms with van der Waals surface area (Å²) < 4.78 is 12.8. The van der Waals surface area contributed by atoms with E-state index in [-0.39, 0.29) is 0 Å². The van der Waals surface area contributed by atoms with Crippen LogP contribution in [0.15, 0.2) is 72.8 Å². The van der Waals surface area contributed by atoms with Crippen molar-refractivity contribution in [2.75, 3.05) is 0 Å². The molecule has 29 heavy (non-hydrogen) atoms. The van der Waals surface area contributed by atoms with E-state index in [9.17, 15) is 9.90 Å². The predicted molar refractivity (Wildman–Crippen MR) is 110 cm³/mol. The Morgan fingerprint density at radius 1 is 1.00 bits per heavy atom. The molecular formula is C24H23NO4. The van der Waals surface area contributed by atoms with Crippen LogP contribution in [-0.2, 0) is 15.1 Å². The number of nitrogens with two attached hydrogens (primary N) is 1. The van der Waals surface area contributed by atoms with Crippen LogP contribution in [0, 0.1) is 6.92 Å². The highest BCUT2D eigenvalue weighted by atomic mass is 16.5. The van der Waals surface area contributed by atoms with Gasteiger partial charge in [-0.05, 0) is 31.5 Å². The van der Waals surface area contributed by atoms with Gasteiger partial charge in [-0.1, -0.05) is 66.2 Å². The summed E-state index contributed by atoms with van der Waals surface area (Å²) in [6, 6.07) is 22.2. The molecule has 148 valence electrons. The number of para-hydroxylation sites is 2. The van der Waals surface area contributed by atoms with Gasteiger partial charge in [0, 0.05) is 11.1 Å². The van der Waals surface area contributed by atoms with Crippen molar-refractivity contribution in [3.05, 3.63) is 95.1 Å². The van der Waals surface area contributed by atoms with Crippen molar-refractivity contribution in [1.82, 2.24) is 0 Å². The lowest BCUT2D eigenvalue weighted by Crippen LogP contribution is -2.47. The van der Waals surface area contributed by atoms with Crippen LogP contribution in [0.5, 0.6) is 11.5 Å². The number of carbonyl (C=O) groups is 1. The van der Waals surface area contributed by atoms with Gasteiger partial charge in [-0.15, -0.1) is 0 Å². The van der Waals surface area contributed by atoms with E-state index in [1.54, 1.807) is 6.92 Å². The second-order valence-corrected chi connectivity index (χ2v) is 7.33. The lowest BCUT2D eigenvalue weighted by molar-refractivity contribution is -0.145. The number of aliphatic carboxylic acids is 1. The summed E-state index contributed by atoms with van der Waals surface area (Å²) in [5.41, 5.74) is 8.47. The second kappa shape index (κ2) is 7.35. The fourth-order valence-corrected chi connectivity index (χ4v) is 3.88. The van der Waals surface area contributed by atoms with Crippen LogP contribution < -0.4 is 10.5 Å². The highest BCUT2D eigenvalue weighted by Crippen LogP contribution is 2.52. The Kier molecular flexibility index (Phi) is 4.86. The first-order valence-corrected chi connectivity index (χ1v) is 9.53. The molecule has 3 aromatic carbocycles. The highest BCUT2D eigenvalue weighted by Gasteiger charge is 2.47. The molecule has 1 aliphatic heterocycles. The molecule has 5 heteroatoms. The fourth-order valence-electron chi connectivity index (χ4n) is 3.88. The molecule has 0 fully saturated rings. The van der Waals surface area contributed by atoms with Gasteiger partial charge in [-0.25, -0.2) is 0 Å². The van der Waals surface area contributed by atoms with E-state index in [0.29, 0.717) is 11.5 Å². The van der Waals surface area contributed by atoms with Crippen molar-refractivity contribution in [2.24, 2.45) is 5.73 Å². The predicted octanol–water partition coefficient (Wildman–Crippen LogP) is 4.21. The Morgan fingerprint density at radius 2 is 1.59 bits per heavy atom. The van der Waals surface area contributed by atoms with Crippen LogP contribution >= 0.6 is 0 Å². The summed E-state index contributed by atoms with van der Waals surface area (Å²) in [4.78, 5) is 11.5. The van der Waals surface area contributed by atoms with E-state index in [2.05, 4.69) is 6.07 Å². The Bertz CT molecular complexity index is 1020. The number of aryl methyl sites for hydroxylation is 1. The van der Waals surface area contributed by atoms with Crippen LogP contribution in [0.2, 0.25) is 0 Å². The van der Waals surface area contributed by atoms with Crippen LogP contribution in [0.25, 0.3) is 0 Å². The average Bonchev–Trinajstić information content (AvgIpc) is 2.72. The Labute approximate surface area is 169 Å². The van der Waals surface area contributed by atoms with E-state index in [1.807, 2.05) is 73.7 Å². The Balaban J connectivity index is 2.02. The van der Waals surface area contributed by atoms with Gasteiger partial charge >= 0.3 is 5.97 Å². The number of hydrogen-bond donors (Lipinski definition) is 2. The number of ether oxygens (including phenoxy) is 2. The van der Waals surface area contributed by atoms with Gasteiger partial charge in [0.25, 0.3) is 0 Å². The molecule has 2 atom stereocenters. The zero-order chi connectivity index (χ0) is 20.6. The Hall–Kier alpha value is -3.15. The van der Waals surface area contributed by atoms with E-state index >= 15 is 0 Å². The van der Waals surface area contributed by atoms with Crippen molar-refractivity contribution in [3.63, 3.8) is 0 Å². The van der Waals surface area contributed by atoms with Gasteiger partial charge < -0.3 is 20.3 Å². The minimum absolute atomic E-state index is 0.670. The normalized spacial score (nSPS) is 16.1. The summed E-state index contributed by atoms with van der Waals surface area (Å²) >= 11 is 0. The number of hydrogen-bond acceptors (Lipinski definition) is 4. The molecule has 0 radical (unpaired) electrons. The van der Waals surface area contributed by atoms with E-state index in [1.165, 1.54) is 0 Å². The first-order valence-electron chi connectivity index (χ1n) is 9.53. The Morgan fingerprint density at radius 3 is 2.14 bits per heavy atom. The van der Waals surface area contributed by atoms with Crippen molar-refractivity contribution in [3.8, 4) is 11.5 Å². The van der Waals surface area contributed by atoms with Gasteiger partial charge in [0.05, 0.1) is 6.10 Å². The molecule has 5 nitrogen and oxygen atoms in total. The first kappa shape index (κ1) is 19.2. The average molecular weight is 389 g/mol. The highest BCUT2D eigenvalue weighted by molar-refractivity contribution is 5.74. The third-order valence-electron chi connectivity index (χ3n) is 5.33. The monoisotopic (exact) mass is 389 g/mol. The molecule has 3 N–H and O–H groups in total. The second-order valence-electron chi connectivity index (χ2n) is 7.33. The van der Waals surface area contributed by atoms with Gasteiger partial charge in [-0.3, -0.25) is 4.79 Å². The number of rotatable bonds is 5. The van der Waals surface area contributed by atoms with Crippen molar-refractivity contribution in [1.29, 1.82) is 0 Å². The SMILES string of the molecule is Cc1cccc(C2(O[C@H](C)[C@H](N)C(=O)O)c3ccccc3Oc3ccccc32)c1. The number of carboxylic acids is 1. The third-order valence-corrected chi connectivity index (χ3v) is 5.33. The molecule has 0 spiro atoms. The van der Waals surface area contributed by atoms with Gasteiger partial charge in [-0.2, -0.15) is 0 Å². The first-order chi connectivity index (χ1) is 13.9. The maximum atomic E-state index is 11.5. The molecule has 0 saturated carbocycles. The zero-order valence-electron chi connectivity index (χ0n) is 16.3. The number of fused-ring (bicyclic) bond motifs is 2. The zero-order valence-corrected chi connectivity index (χ0v) is 16.3. The summed E-state index contributed by atoms with van der Waals surface area (Å²) in [6.07, 6.45) is -0.757. The fraction of sp³-hybridized carbons (Fsp3) is 0.208. The summed E-state index contributed by atoms with van der Waals surface area (Å²) in [5.74, 6) is 0.234. The molecule has 0 aromatic heterocycles. The molecular weight excluding hydrogens is 366 g/mol. The molecule has 0 unspecified atom stereocenters. The molecule has 1 heterocycles. The molecule has 0 aliphatic carbocycles. The largest absolute Gasteiger partial charge is 0.480 e. The molecule has 3 aromatic rings. The van der Waals surface area contributed by atoms with Crippen LogP contribution in [0.4, 0.5) is 0 Å². The van der Waals surface area contributed by atoms with Gasteiger partial charge in [0.15, 0.2) is 5.60 Å². The van der Waals surface area contributed by atoms with Gasteiger partial charge in [0.1, 0.15) is 17.5 Å². The number of benzene rings is 3. The lowest BCUT2D eigenvalue weighted by Gasteiger charge is -2.42. The standard InChI is InChI=1S/C24H23NO4/c1-15-8-7-9-17(14-15)24(29-16(2)22(25)23(26)27)18-10-3-5-12-20(18)28-21-13-6-4-11-19(21)24/h3-14,16,22H,25H2,1-2H3,(H,26,27)/t16-,22+/m1/s1. The maximum absolute atomic E-state index is 11.5. The van der Waals surface area contributed by atoms with Crippen LogP contribution in [-0.4, -0.2) is 23.2 Å². The molecule has 0 saturated heterocycles. The minimum Gasteiger partial charge on any atom is -0.480 e. The topological polar surface area (TPSA) is 81.8 Å². The number of carboxylic acid groups (broad SMARTS) is 1. The molecule has 4 rings (SSSR count).